The van der Waals surface area contributed by atoms with Crippen molar-refractivity contribution in [2.75, 3.05) is 7.05 Å². The molecule has 0 saturated heterocycles. The van der Waals surface area contributed by atoms with Gasteiger partial charge in [0.25, 0.3) is 0 Å². The van der Waals surface area contributed by atoms with Gasteiger partial charge in [0, 0.05) is 18.0 Å². The molecule has 1 aliphatic heterocycles. The summed E-state index contributed by atoms with van der Waals surface area (Å²) >= 11 is 0. The van der Waals surface area contributed by atoms with Crippen molar-refractivity contribution in [3.63, 3.8) is 0 Å². The summed E-state index contributed by atoms with van der Waals surface area (Å²) < 4.78 is 28.5. The minimum Gasteiger partial charge on any atom is -0.370 e. The van der Waals surface area contributed by atoms with Gasteiger partial charge in [-0.2, -0.15) is 13.9 Å². The molecule has 0 fully saturated rings. The van der Waals surface area contributed by atoms with E-state index in [1.807, 2.05) is 36.6 Å². The normalized spacial score (nSPS) is 19.9. The van der Waals surface area contributed by atoms with Crippen molar-refractivity contribution in [3.05, 3.63) is 54.4 Å². The Hall–Kier alpha value is -3.34. The van der Waals surface area contributed by atoms with E-state index >= 15 is 0 Å². The third-order valence-electron chi connectivity index (χ3n) is 5.15. The minimum atomic E-state index is -2.73. The Labute approximate surface area is 165 Å². The highest BCUT2D eigenvalue weighted by Crippen LogP contribution is 2.38. The number of nitrogens with one attached hydrogen (secondary N) is 2. The van der Waals surface area contributed by atoms with Gasteiger partial charge in [-0.15, -0.1) is 0 Å². The summed E-state index contributed by atoms with van der Waals surface area (Å²) in [7, 11) is 1.69. The highest BCUT2D eigenvalue weighted by atomic mass is 19.3. The molecular formula is C18H21F2N9. The van der Waals surface area contributed by atoms with E-state index in [9.17, 15) is 8.78 Å². The lowest BCUT2D eigenvalue weighted by molar-refractivity contribution is 0.0550. The van der Waals surface area contributed by atoms with Crippen molar-refractivity contribution in [2.24, 2.45) is 15.7 Å². The Bertz CT molecular complexity index is 1110. The number of fused-ring (bicyclic) bond motifs is 1. The molecule has 0 radical (unpaired) electrons. The Balaban J connectivity index is 1.81. The number of alkyl halides is 2. The van der Waals surface area contributed by atoms with E-state index < -0.39 is 17.8 Å². The van der Waals surface area contributed by atoms with Crippen molar-refractivity contribution >= 4 is 17.3 Å². The van der Waals surface area contributed by atoms with Crippen molar-refractivity contribution in [1.82, 2.24) is 29.8 Å². The fourth-order valence-electron chi connectivity index (χ4n) is 3.40. The number of pyridine rings is 1. The molecule has 4 N–H and O–H groups in total. The van der Waals surface area contributed by atoms with E-state index in [-0.39, 0.29) is 5.96 Å². The van der Waals surface area contributed by atoms with Crippen molar-refractivity contribution in [1.29, 1.82) is 0 Å². The Kier molecular flexibility index (Phi) is 4.34. The maximum Gasteiger partial charge on any atom is 0.333 e. The van der Waals surface area contributed by atoms with Gasteiger partial charge >= 0.3 is 6.55 Å². The number of imidazole rings is 1. The molecule has 1 aliphatic rings. The second-order valence-electron chi connectivity index (χ2n) is 7.23. The molecule has 1 unspecified atom stereocenters. The van der Waals surface area contributed by atoms with Gasteiger partial charge in [0.2, 0.25) is 5.79 Å². The largest absolute Gasteiger partial charge is 0.370 e. The lowest BCUT2D eigenvalue weighted by atomic mass is 9.81. The van der Waals surface area contributed by atoms with Crippen LogP contribution in [0.15, 0.2) is 53.1 Å². The molecule has 4 rings (SSSR count). The molecule has 0 amide bonds. The van der Waals surface area contributed by atoms with Gasteiger partial charge in [0.15, 0.2) is 5.96 Å². The SMILES string of the molecule is CNC1(C(C)(C)c2ccn(C(F)F)n2)N=C(N)NC(c2ccc3cncn3c2)=N1. The van der Waals surface area contributed by atoms with Gasteiger partial charge in [-0.1, -0.05) is 0 Å². The van der Waals surface area contributed by atoms with E-state index in [4.69, 9.17) is 10.7 Å². The maximum absolute atomic E-state index is 13.0. The maximum atomic E-state index is 13.0. The molecule has 0 aliphatic carbocycles. The van der Waals surface area contributed by atoms with Crippen LogP contribution in [-0.2, 0) is 5.41 Å². The van der Waals surface area contributed by atoms with Gasteiger partial charge in [-0.3, -0.25) is 5.32 Å². The predicted octanol–water partition coefficient (Wildman–Crippen LogP) is 1.44. The first kappa shape index (κ1) is 19.0. The zero-order valence-electron chi connectivity index (χ0n) is 16.1. The minimum absolute atomic E-state index is 0.149. The van der Waals surface area contributed by atoms with E-state index in [1.165, 1.54) is 12.3 Å². The van der Waals surface area contributed by atoms with Crippen LogP contribution in [0.4, 0.5) is 8.78 Å². The summed E-state index contributed by atoms with van der Waals surface area (Å²) in [6.45, 7) is 0.918. The summed E-state index contributed by atoms with van der Waals surface area (Å²) in [4.78, 5) is 13.4. The summed E-state index contributed by atoms with van der Waals surface area (Å²) in [5.41, 5.74) is 7.29. The lowest BCUT2D eigenvalue weighted by Gasteiger charge is -2.41. The first-order valence-electron chi connectivity index (χ1n) is 8.93. The molecule has 11 heteroatoms. The van der Waals surface area contributed by atoms with Crippen LogP contribution in [0.2, 0.25) is 0 Å². The van der Waals surface area contributed by atoms with E-state index in [1.54, 1.807) is 19.6 Å². The Morgan fingerprint density at radius 3 is 2.72 bits per heavy atom. The first-order valence-corrected chi connectivity index (χ1v) is 8.93. The molecule has 0 saturated carbocycles. The second kappa shape index (κ2) is 6.62. The van der Waals surface area contributed by atoms with Gasteiger partial charge in [-0.05, 0) is 39.1 Å². The number of nitrogens with zero attached hydrogens (tertiary/aromatic N) is 6. The molecule has 0 bridgehead atoms. The third-order valence-corrected chi connectivity index (χ3v) is 5.15. The Morgan fingerprint density at radius 1 is 1.24 bits per heavy atom. The first-order chi connectivity index (χ1) is 13.8. The summed E-state index contributed by atoms with van der Waals surface area (Å²) in [6, 6.07) is 5.33. The van der Waals surface area contributed by atoms with E-state index in [0.29, 0.717) is 16.2 Å². The molecule has 29 heavy (non-hydrogen) atoms. The van der Waals surface area contributed by atoms with Gasteiger partial charge in [0.1, 0.15) is 5.84 Å². The van der Waals surface area contributed by atoms with Crippen molar-refractivity contribution in [2.45, 2.75) is 31.6 Å². The number of guanidine groups is 1. The number of hydrogen-bond acceptors (Lipinski definition) is 7. The van der Waals surface area contributed by atoms with Crippen LogP contribution in [0.1, 0.15) is 31.7 Å². The number of aromatic nitrogens is 4. The fraction of sp³-hybridized carbons (Fsp3) is 0.333. The molecule has 3 aromatic rings. The number of rotatable bonds is 5. The highest BCUT2D eigenvalue weighted by molar-refractivity contribution is 6.09. The van der Waals surface area contributed by atoms with Crippen LogP contribution in [0, 0.1) is 0 Å². The smallest absolute Gasteiger partial charge is 0.333 e. The second-order valence-corrected chi connectivity index (χ2v) is 7.23. The fourth-order valence-corrected chi connectivity index (χ4v) is 3.40. The number of likely N-dealkylation sites (N-methyl/N-ethyl adjacent to an activating group) is 1. The quantitative estimate of drug-likeness (QED) is 0.599. The number of nitrogens with two attached hydrogens (primary N) is 1. The Morgan fingerprint density at radius 2 is 2.03 bits per heavy atom. The van der Waals surface area contributed by atoms with Crippen LogP contribution in [0.25, 0.3) is 5.52 Å². The highest BCUT2D eigenvalue weighted by Gasteiger charge is 2.49. The van der Waals surface area contributed by atoms with Gasteiger partial charge < -0.3 is 15.5 Å². The summed E-state index contributed by atoms with van der Waals surface area (Å²) in [5.74, 6) is -0.622. The summed E-state index contributed by atoms with van der Waals surface area (Å²) in [6.07, 6.45) is 6.53. The average molecular weight is 401 g/mol. The van der Waals surface area contributed by atoms with Gasteiger partial charge in [-0.25, -0.2) is 19.7 Å². The zero-order chi connectivity index (χ0) is 20.8. The van der Waals surface area contributed by atoms with Crippen LogP contribution in [-0.4, -0.2) is 43.8 Å². The molecule has 0 aromatic carbocycles. The number of halogens is 2. The molecule has 0 spiro atoms. The van der Waals surface area contributed by atoms with E-state index in [2.05, 4.69) is 25.7 Å². The third kappa shape index (κ3) is 3.03. The predicted molar refractivity (Wildman–Crippen MR) is 105 cm³/mol. The van der Waals surface area contributed by atoms with Gasteiger partial charge in [0.05, 0.1) is 29.1 Å². The number of amidine groups is 1. The molecule has 152 valence electrons. The van der Waals surface area contributed by atoms with Crippen LogP contribution in [0.3, 0.4) is 0 Å². The molecule has 3 aromatic heterocycles. The van der Waals surface area contributed by atoms with Crippen LogP contribution < -0.4 is 16.4 Å². The number of hydrogen-bond donors (Lipinski definition) is 3. The van der Waals surface area contributed by atoms with Crippen LogP contribution >= 0.6 is 0 Å². The topological polar surface area (TPSA) is 110 Å². The molecular weight excluding hydrogens is 380 g/mol. The number of aliphatic imine (C=N–C) groups is 2. The average Bonchev–Trinajstić information content (AvgIpc) is 3.36. The van der Waals surface area contributed by atoms with E-state index in [0.717, 1.165) is 11.1 Å². The lowest BCUT2D eigenvalue weighted by Crippen LogP contribution is -2.60. The van der Waals surface area contributed by atoms with Crippen molar-refractivity contribution in [3.8, 4) is 0 Å². The zero-order valence-corrected chi connectivity index (χ0v) is 16.1. The van der Waals surface area contributed by atoms with Crippen LogP contribution in [0.5, 0.6) is 0 Å². The molecule has 1 atom stereocenters. The molecule has 9 nitrogen and oxygen atoms in total. The monoisotopic (exact) mass is 401 g/mol. The molecule has 4 heterocycles. The van der Waals surface area contributed by atoms with Crippen molar-refractivity contribution < 1.29 is 8.78 Å². The standard InChI is InChI=1S/C18H21F2N9/c1-17(2,13-6-7-29(27-13)15(19)20)18(22-3)25-14(24-16(21)26-18)11-4-5-12-8-23-10-28(12)9-11/h4-10,15,22H,1-3H3,(H3,21,24,25,26). The summed E-state index contributed by atoms with van der Waals surface area (Å²) in [5, 5.41) is 10.1.